The Kier molecular flexibility index (Phi) is 6.38. The van der Waals surface area contributed by atoms with Crippen molar-refractivity contribution in [3.8, 4) is 0 Å². The Bertz CT molecular complexity index is 643. The van der Waals surface area contributed by atoms with Crippen LogP contribution in [-0.4, -0.2) is 43.2 Å². The topological polar surface area (TPSA) is 79.5 Å². The van der Waals surface area contributed by atoms with Crippen molar-refractivity contribution >= 4 is 29.1 Å². The monoisotopic (exact) mass is 379 g/mol. The molecule has 7 heteroatoms. The van der Waals surface area contributed by atoms with Crippen LogP contribution in [0.25, 0.3) is 0 Å². The van der Waals surface area contributed by atoms with Crippen LogP contribution >= 0.6 is 11.6 Å². The molecule has 1 aromatic rings. The van der Waals surface area contributed by atoms with Crippen molar-refractivity contribution in [2.45, 2.75) is 50.2 Å². The highest BCUT2D eigenvalue weighted by Gasteiger charge is 2.39. The number of amides is 2. The normalized spacial score (nSPS) is 21.3. The van der Waals surface area contributed by atoms with Gasteiger partial charge in [-0.2, -0.15) is 0 Å². The standard InChI is InChI=1S/C19H26ClN3O3/c20-14-5-3-6-15(11-14)21-12-17(24)23-19(8-4-9-19)13-22-18(25)16-7-1-2-10-26-16/h3,5-6,11,16,21H,1-2,4,7-10,12-13H2,(H,22,25)(H,23,24). The van der Waals surface area contributed by atoms with Gasteiger partial charge in [0.1, 0.15) is 6.10 Å². The van der Waals surface area contributed by atoms with Crippen molar-refractivity contribution in [2.75, 3.05) is 25.0 Å². The van der Waals surface area contributed by atoms with E-state index in [9.17, 15) is 9.59 Å². The second-order valence-corrected chi connectivity index (χ2v) is 7.56. The summed E-state index contributed by atoms with van der Waals surface area (Å²) in [6.45, 7) is 1.27. The molecule has 1 aliphatic carbocycles. The highest BCUT2D eigenvalue weighted by molar-refractivity contribution is 6.30. The number of anilines is 1. The molecule has 1 aromatic carbocycles. The first-order valence-corrected chi connectivity index (χ1v) is 9.64. The van der Waals surface area contributed by atoms with E-state index in [1.165, 1.54) is 0 Å². The van der Waals surface area contributed by atoms with Crippen molar-refractivity contribution in [2.24, 2.45) is 0 Å². The first kappa shape index (κ1) is 19.0. The number of hydrogen-bond donors (Lipinski definition) is 3. The molecule has 1 aliphatic heterocycles. The molecule has 26 heavy (non-hydrogen) atoms. The van der Waals surface area contributed by atoms with Gasteiger partial charge in [-0.15, -0.1) is 0 Å². The molecule has 3 N–H and O–H groups in total. The first-order valence-electron chi connectivity index (χ1n) is 9.26. The summed E-state index contributed by atoms with van der Waals surface area (Å²) in [7, 11) is 0. The summed E-state index contributed by atoms with van der Waals surface area (Å²) in [4.78, 5) is 24.6. The minimum atomic E-state index is -0.346. The highest BCUT2D eigenvalue weighted by atomic mass is 35.5. The number of rotatable bonds is 7. The van der Waals surface area contributed by atoms with E-state index in [-0.39, 0.29) is 30.0 Å². The van der Waals surface area contributed by atoms with E-state index in [0.717, 1.165) is 44.2 Å². The fourth-order valence-corrected chi connectivity index (χ4v) is 3.58. The molecule has 1 heterocycles. The summed E-state index contributed by atoms with van der Waals surface area (Å²) >= 11 is 5.94. The molecule has 0 radical (unpaired) electrons. The number of halogens is 1. The molecule has 0 aromatic heterocycles. The van der Waals surface area contributed by atoms with Gasteiger partial charge in [-0.3, -0.25) is 9.59 Å². The Labute approximate surface area is 159 Å². The van der Waals surface area contributed by atoms with Gasteiger partial charge in [0, 0.05) is 23.9 Å². The summed E-state index contributed by atoms with van der Waals surface area (Å²) in [5.74, 6) is -0.157. The zero-order valence-electron chi connectivity index (χ0n) is 14.9. The molecule has 1 unspecified atom stereocenters. The lowest BCUT2D eigenvalue weighted by atomic mass is 9.76. The van der Waals surface area contributed by atoms with Crippen LogP contribution in [0.4, 0.5) is 5.69 Å². The Balaban J connectivity index is 1.45. The van der Waals surface area contributed by atoms with Gasteiger partial charge >= 0.3 is 0 Å². The molecular formula is C19H26ClN3O3. The molecule has 2 amide bonds. The molecular weight excluding hydrogens is 354 g/mol. The molecule has 1 atom stereocenters. The fraction of sp³-hybridized carbons (Fsp3) is 0.579. The maximum atomic E-state index is 12.3. The lowest BCUT2D eigenvalue weighted by molar-refractivity contribution is -0.136. The Morgan fingerprint density at radius 2 is 2.08 bits per heavy atom. The van der Waals surface area contributed by atoms with E-state index in [1.54, 1.807) is 12.1 Å². The minimum Gasteiger partial charge on any atom is -0.376 e. The van der Waals surface area contributed by atoms with Crippen LogP contribution in [0.3, 0.4) is 0 Å². The van der Waals surface area contributed by atoms with E-state index >= 15 is 0 Å². The second kappa shape index (κ2) is 8.73. The zero-order valence-corrected chi connectivity index (χ0v) is 15.6. The molecule has 142 valence electrons. The lowest BCUT2D eigenvalue weighted by Gasteiger charge is -2.43. The van der Waals surface area contributed by atoms with Crippen molar-refractivity contribution in [3.63, 3.8) is 0 Å². The maximum absolute atomic E-state index is 12.3. The van der Waals surface area contributed by atoms with Crippen LogP contribution in [0.15, 0.2) is 24.3 Å². The van der Waals surface area contributed by atoms with E-state index in [0.29, 0.717) is 18.2 Å². The number of nitrogens with one attached hydrogen (secondary N) is 3. The zero-order chi connectivity index (χ0) is 18.4. The van der Waals surface area contributed by atoms with Crippen LogP contribution < -0.4 is 16.0 Å². The molecule has 2 fully saturated rings. The van der Waals surface area contributed by atoms with Crippen LogP contribution in [0.1, 0.15) is 38.5 Å². The number of carbonyl (C=O) groups is 2. The Morgan fingerprint density at radius 3 is 2.73 bits per heavy atom. The molecule has 6 nitrogen and oxygen atoms in total. The van der Waals surface area contributed by atoms with Gasteiger partial charge in [0.05, 0.1) is 12.1 Å². The van der Waals surface area contributed by atoms with Crippen molar-refractivity contribution in [3.05, 3.63) is 29.3 Å². The minimum absolute atomic E-state index is 0.0673. The molecule has 2 aliphatic rings. The van der Waals surface area contributed by atoms with Gasteiger partial charge in [0.2, 0.25) is 11.8 Å². The van der Waals surface area contributed by atoms with E-state index in [4.69, 9.17) is 16.3 Å². The van der Waals surface area contributed by atoms with Crippen LogP contribution in [0, 0.1) is 0 Å². The highest BCUT2D eigenvalue weighted by Crippen LogP contribution is 2.31. The predicted octanol–water partition coefficient (Wildman–Crippen LogP) is 2.48. The largest absolute Gasteiger partial charge is 0.376 e. The van der Waals surface area contributed by atoms with Crippen LogP contribution in [-0.2, 0) is 14.3 Å². The van der Waals surface area contributed by atoms with Gasteiger partial charge < -0.3 is 20.7 Å². The molecule has 1 saturated carbocycles. The third-order valence-corrected chi connectivity index (χ3v) is 5.30. The lowest BCUT2D eigenvalue weighted by Crippen LogP contribution is -2.61. The molecule has 0 spiro atoms. The quantitative estimate of drug-likeness (QED) is 0.680. The average molecular weight is 380 g/mol. The Morgan fingerprint density at radius 1 is 1.23 bits per heavy atom. The van der Waals surface area contributed by atoms with Gasteiger partial charge in [-0.1, -0.05) is 17.7 Å². The smallest absolute Gasteiger partial charge is 0.249 e. The molecule has 1 saturated heterocycles. The summed E-state index contributed by atoms with van der Waals surface area (Å²) in [6, 6.07) is 7.26. The number of carbonyl (C=O) groups excluding carboxylic acids is 2. The van der Waals surface area contributed by atoms with Crippen molar-refractivity contribution in [1.29, 1.82) is 0 Å². The molecule has 3 rings (SSSR count). The average Bonchev–Trinajstić information content (AvgIpc) is 2.62. The van der Waals surface area contributed by atoms with Gasteiger partial charge in [0.15, 0.2) is 0 Å². The summed E-state index contributed by atoms with van der Waals surface area (Å²) < 4.78 is 5.51. The van der Waals surface area contributed by atoms with E-state index < -0.39 is 0 Å². The number of benzene rings is 1. The Hall–Kier alpha value is -1.79. The van der Waals surface area contributed by atoms with Crippen molar-refractivity contribution in [1.82, 2.24) is 10.6 Å². The van der Waals surface area contributed by atoms with E-state index in [2.05, 4.69) is 16.0 Å². The maximum Gasteiger partial charge on any atom is 0.249 e. The summed E-state index contributed by atoms with van der Waals surface area (Å²) in [5, 5.41) is 9.74. The van der Waals surface area contributed by atoms with Gasteiger partial charge in [-0.05, 0) is 56.7 Å². The number of hydrogen-bond acceptors (Lipinski definition) is 4. The summed E-state index contributed by atoms with van der Waals surface area (Å²) in [6.07, 6.45) is 5.27. The van der Waals surface area contributed by atoms with Crippen LogP contribution in [0.2, 0.25) is 5.02 Å². The fourth-order valence-electron chi connectivity index (χ4n) is 3.39. The van der Waals surface area contributed by atoms with Crippen LogP contribution in [0.5, 0.6) is 0 Å². The SMILES string of the molecule is O=C(CNc1cccc(Cl)c1)NC1(CNC(=O)C2CCCCO2)CCC1. The van der Waals surface area contributed by atoms with Gasteiger partial charge in [0.25, 0.3) is 0 Å². The van der Waals surface area contributed by atoms with Gasteiger partial charge in [-0.25, -0.2) is 0 Å². The first-order chi connectivity index (χ1) is 12.6. The second-order valence-electron chi connectivity index (χ2n) is 7.12. The molecule has 0 bridgehead atoms. The third kappa shape index (κ3) is 5.11. The summed E-state index contributed by atoms with van der Waals surface area (Å²) in [5.41, 5.74) is 0.468. The third-order valence-electron chi connectivity index (χ3n) is 5.07. The van der Waals surface area contributed by atoms with E-state index in [1.807, 2.05) is 12.1 Å². The predicted molar refractivity (Wildman–Crippen MR) is 101 cm³/mol. The van der Waals surface area contributed by atoms with Crippen molar-refractivity contribution < 1.29 is 14.3 Å². The number of ether oxygens (including phenoxy) is 1.